The zero-order valence-electron chi connectivity index (χ0n) is 13.8. The number of benzene rings is 1. The fourth-order valence-corrected chi connectivity index (χ4v) is 3.39. The van der Waals surface area contributed by atoms with Crippen molar-refractivity contribution < 1.29 is 29.9 Å². The molecule has 1 heterocycles. The lowest BCUT2D eigenvalue weighted by Gasteiger charge is -2.36. The van der Waals surface area contributed by atoms with Gasteiger partial charge in [-0.15, -0.1) is 0 Å². The van der Waals surface area contributed by atoms with Crippen molar-refractivity contribution in [3.8, 4) is 0 Å². The van der Waals surface area contributed by atoms with Crippen molar-refractivity contribution in [3.63, 3.8) is 0 Å². The standard InChI is InChI=1S/C18H18N2O6/c21-17(25-23)15(12-6-2-1-3-7-12)20-11-10-19-14-9-5-4-8-13(14)16(20)18(22)26-24/h1-9,13,15-16,23-24H,10-11H2. The molecule has 136 valence electrons. The van der Waals surface area contributed by atoms with E-state index < -0.39 is 29.9 Å². The third kappa shape index (κ3) is 3.43. The predicted molar refractivity (Wildman–Crippen MR) is 91.2 cm³/mol. The summed E-state index contributed by atoms with van der Waals surface area (Å²) in [5, 5.41) is 18.0. The van der Waals surface area contributed by atoms with Gasteiger partial charge >= 0.3 is 11.9 Å². The largest absolute Gasteiger partial charge is 0.363 e. The van der Waals surface area contributed by atoms with Gasteiger partial charge in [-0.1, -0.05) is 48.6 Å². The third-order valence-electron chi connectivity index (χ3n) is 4.48. The molecule has 3 atom stereocenters. The topological polar surface area (TPSA) is 109 Å². The maximum absolute atomic E-state index is 12.4. The summed E-state index contributed by atoms with van der Waals surface area (Å²) in [6, 6.07) is 6.53. The highest BCUT2D eigenvalue weighted by Crippen LogP contribution is 2.31. The third-order valence-corrected chi connectivity index (χ3v) is 4.48. The van der Waals surface area contributed by atoms with E-state index in [0.717, 1.165) is 0 Å². The molecule has 2 N–H and O–H groups in total. The number of carbonyl (C=O) groups excluding carboxylic acids is 2. The fourth-order valence-electron chi connectivity index (χ4n) is 3.39. The minimum absolute atomic E-state index is 0.218. The molecule has 1 aliphatic carbocycles. The second-order valence-electron chi connectivity index (χ2n) is 5.89. The van der Waals surface area contributed by atoms with Crippen molar-refractivity contribution in [1.82, 2.24) is 4.90 Å². The lowest BCUT2D eigenvalue weighted by Crippen LogP contribution is -2.51. The van der Waals surface area contributed by atoms with Crippen LogP contribution in [0, 0.1) is 5.92 Å². The summed E-state index contributed by atoms with van der Waals surface area (Å²) in [5.74, 6) is -2.37. The number of fused-ring (bicyclic) bond motifs is 1. The molecule has 8 heteroatoms. The first-order chi connectivity index (χ1) is 12.7. The second-order valence-corrected chi connectivity index (χ2v) is 5.89. The Morgan fingerprint density at radius 3 is 2.62 bits per heavy atom. The Kier molecular flexibility index (Phi) is 5.57. The zero-order chi connectivity index (χ0) is 18.5. The van der Waals surface area contributed by atoms with Crippen molar-refractivity contribution in [1.29, 1.82) is 0 Å². The minimum atomic E-state index is -1.07. The van der Waals surface area contributed by atoms with E-state index in [4.69, 9.17) is 10.5 Å². The van der Waals surface area contributed by atoms with Crippen LogP contribution in [0.3, 0.4) is 0 Å². The summed E-state index contributed by atoms with van der Waals surface area (Å²) >= 11 is 0. The van der Waals surface area contributed by atoms with Crippen LogP contribution in [0.2, 0.25) is 0 Å². The summed E-state index contributed by atoms with van der Waals surface area (Å²) in [4.78, 5) is 38.7. The Balaban J connectivity index is 2.06. The Morgan fingerprint density at radius 2 is 1.92 bits per heavy atom. The summed E-state index contributed by atoms with van der Waals surface area (Å²) in [5.41, 5.74) is 1.18. The molecule has 3 rings (SSSR count). The molecule has 0 saturated carbocycles. The van der Waals surface area contributed by atoms with Gasteiger partial charge in [-0.3, -0.25) is 19.7 Å². The van der Waals surface area contributed by atoms with Gasteiger partial charge in [-0.2, -0.15) is 10.5 Å². The number of rotatable bonds is 4. The summed E-state index contributed by atoms with van der Waals surface area (Å²) in [7, 11) is 0. The Hall–Kier alpha value is -2.81. The van der Waals surface area contributed by atoms with Crippen LogP contribution in [-0.4, -0.2) is 52.2 Å². The maximum atomic E-state index is 12.4. The zero-order valence-corrected chi connectivity index (χ0v) is 13.8. The average molecular weight is 358 g/mol. The predicted octanol–water partition coefficient (Wildman–Crippen LogP) is 1.63. The number of hydrogen-bond acceptors (Lipinski definition) is 8. The Labute approximate surface area is 149 Å². The SMILES string of the molecule is O=C(OO)C(c1ccccc1)N1CCN=C2C=CC=CC2C1C(=O)OO. The summed E-state index contributed by atoms with van der Waals surface area (Å²) in [6.45, 7) is 0.539. The van der Waals surface area contributed by atoms with Gasteiger partial charge in [-0.05, 0) is 11.6 Å². The van der Waals surface area contributed by atoms with E-state index in [1.807, 2.05) is 0 Å². The molecule has 0 fully saturated rings. The van der Waals surface area contributed by atoms with Gasteiger partial charge in [0.05, 0.1) is 6.54 Å². The van der Waals surface area contributed by atoms with E-state index in [9.17, 15) is 9.59 Å². The lowest BCUT2D eigenvalue weighted by atomic mass is 9.88. The molecule has 0 bridgehead atoms. The molecule has 0 spiro atoms. The van der Waals surface area contributed by atoms with Crippen LogP contribution < -0.4 is 0 Å². The number of hydrogen-bond donors (Lipinski definition) is 2. The van der Waals surface area contributed by atoms with Crippen LogP contribution in [0.1, 0.15) is 11.6 Å². The van der Waals surface area contributed by atoms with E-state index >= 15 is 0 Å². The molecular weight excluding hydrogens is 340 g/mol. The van der Waals surface area contributed by atoms with Crippen molar-refractivity contribution in [2.75, 3.05) is 13.1 Å². The molecule has 0 aromatic heterocycles. The molecule has 0 saturated heterocycles. The highest BCUT2D eigenvalue weighted by Gasteiger charge is 2.44. The van der Waals surface area contributed by atoms with Gasteiger partial charge in [0.25, 0.3) is 0 Å². The molecule has 1 aromatic carbocycles. The van der Waals surface area contributed by atoms with Gasteiger partial charge in [0.1, 0.15) is 12.1 Å². The van der Waals surface area contributed by atoms with Crippen LogP contribution in [0.25, 0.3) is 0 Å². The fraction of sp³-hybridized carbons (Fsp3) is 0.278. The molecular formula is C18H18N2O6. The normalized spacial score (nSPS) is 23.4. The van der Waals surface area contributed by atoms with E-state index in [-0.39, 0.29) is 6.54 Å². The van der Waals surface area contributed by atoms with Crippen molar-refractivity contribution >= 4 is 17.7 Å². The van der Waals surface area contributed by atoms with Crippen molar-refractivity contribution in [2.45, 2.75) is 12.1 Å². The van der Waals surface area contributed by atoms with Crippen LogP contribution in [-0.2, 0) is 19.4 Å². The van der Waals surface area contributed by atoms with Crippen LogP contribution in [0.15, 0.2) is 59.6 Å². The number of carbonyl (C=O) groups is 2. The van der Waals surface area contributed by atoms with Gasteiger partial charge < -0.3 is 0 Å². The van der Waals surface area contributed by atoms with E-state index in [1.54, 1.807) is 54.6 Å². The van der Waals surface area contributed by atoms with Crippen LogP contribution in [0.5, 0.6) is 0 Å². The number of allylic oxidation sites excluding steroid dienone is 3. The highest BCUT2D eigenvalue weighted by molar-refractivity contribution is 6.02. The monoisotopic (exact) mass is 358 g/mol. The molecule has 0 radical (unpaired) electrons. The first-order valence-corrected chi connectivity index (χ1v) is 8.07. The molecule has 1 aliphatic heterocycles. The summed E-state index contributed by atoms with van der Waals surface area (Å²) in [6.07, 6.45) is 7.08. The Morgan fingerprint density at radius 1 is 1.15 bits per heavy atom. The second kappa shape index (κ2) is 8.05. The average Bonchev–Trinajstić information content (AvgIpc) is 2.88. The quantitative estimate of drug-likeness (QED) is 0.622. The Bertz CT molecular complexity index is 758. The maximum Gasteiger partial charge on any atom is 0.363 e. The van der Waals surface area contributed by atoms with Gasteiger partial charge in [-0.25, -0.2) is 9.59 Å². The smallest absolute Gasteiger partial charge is 0.299 e. The molecule has 3 unspecified atom stereocenters. The van der Waals surface area contributed by atoms with E-state index in [1.165, 1.54) is 4.90 Å². The number of aliphatic imine (C=N–C) groups is 1. The van der Waals surface area contributed by atoms with Gasteiger partial charge in [0.2, 0.25) is 0 Å². The van der Waals surface area contributed by atoms with Crippen molar-refractivity contribution in [2.24, 2.45) is 10.9 Å². The van der Waals surface area contributed by atoms with Crippen molar-refractivity contribution in [3.05, 3.63) is 60.2 Å². The first-order valence-electron chi connectivity index (χ1n) is 8.07. The van der Waals surface area contributed by atoms with Crippen LogP contribution in [0.4, 0.5) is 0 Å². The van der Waals surface area contributed by atoms with E-state index in [2.05, 4.69) is 14.8 Å². The van der Waals surface area contributed by atoms with E-state index in [0.29, 0.717) is 17.8 Å². The minimum Gasteiger partial charge on any atom is -0.299 e. The molecule has 26 heavy (non-hydrogen) atoms. The molecule has 0 amide bonds. The summed E-state index contributed by atoms with van der Waals surface area (Å²) < 4.78 is 0. The molecule has 2 aliphatic rings. The van der Waals surface area contributed by atoms with Gasteiger partial charge in [0.15, 0.2) is 0 Å². The number of nitrogens with zero attached hydrogens (tertiary/aromatic N) is 2. The first kappa shape index (κ1) is 18.0. The molecule has 8 nitrogen and oxygen atoms in total. The lowest BCUT2D eigenvalue weighted by molar-refractivity contribution is -0.247. The van der Waals surface area contributed by atoms with Gasteiger partial charge in [0, 0.05) is 18.2 Å². The van der Waals surface area contributed by atoms with Crippen LogP contribution >= 0.6 is 0 Å². The highest BCUT2D eigenvalue weighted by atomic mass is 17.1. The molecule has 1 aromatic rings.